The average molecular weight is 226 g/mol. The fourth-order valence-corrected chi connectivity index (χ4v) is 1.20. The van der Waals surface area contributed by atoms with Crippen LogP contribution in [0.25, 0.3) is 11.4 Å². The van der Waals surface area contributed by atoms with E-state index < -0.39 is 5.82 Å². The third-order valence-corrected chi connectivity index (χ3v) is 1.76. The van der Waals surface area contributed by atoms with Crippen molar-refractivity contribution >= 4 is 17.5 Å². The molecular formula is C8H5ClFN5. The Labute approximate surface area is 89.2 Å². The summed E-state index contributed by atoms with van der Waals surface area (Å²) >= 11 is 5.58. The summed E-state index contributed by atoms with van der Waals surface area (Å²) in [6.07, 6.45) is 2.49. The molecule has 0 bridgehead atoms. The maximum atomic E-state index is 12.9. The molecule has 0 radical (unpaired) electrons. The molecule has 0 aromatic carbocycles. The molecule has 0 unspecified atom stereocenters. The number of nitrogen functional groups attached to an aromatic ring is 1. The predicted octanol–water partition coefficient (Wildman–Crippen LogP) is 1.31. The monoisotopic (exact) mass is 225 g/mol. The van der Waals surface area contributed by atoms with Gasteiger partial charge in [-0.25, -0.2) is 4.39 Å². The zero-order valence-corrected chi connectivity index (χ0v) is 8.11. The van der Waals surface area contributed by atoms with E-state index in [2.05, 4.69) is 19.9 Å². The van der Waals surface area contributed by atoms with Crippen molar-refractivity contribution in [3.8, 4) is 11.4 Å². The highest BCUT2D eigenvalue weighted by molar-refractivity contribution is 6.28. The highest BCUT2D eigenvalue weighted by atomic mass is 35.5. The lowest BCUT2D eigenvalue weighted by molar-refractivity contribution is 0.622. The molecule has 0 saturated heterocycles. The smallest absolute Gasteiger partial charge is 0.227 e. The molecule has 2 rings (SSSR count). The van der Waals surface area contributed by atoms with Gasteiger partial charge in [0.25, 0.3) is 0 Å². The van der Waals surface area contributed by atoms with E-state index in [4.69, 9.17) is 17.3 Å². The van der Waals surface area contributed by atoms with Crippen LogP contribution < -0.4 is 5.73 Å². The molecule has 0 aliphatic carbocycles. The molecular weight excluding hydrogens is 221 g/mol. The molecule has 0 fully saturated rings. The lowest BCUT2D eigenvalue weighted by Crippen LogP contribution is -2.00. The van der Waals surface area contributed by atoms with Crippen LogP contribution in [0.15, 0.2) is 18.5 Å². The van der Waals surface area contributed by atoms with Gasteiger partial charge in [0.15, 0.2) is 5.82 Å². The summed E-state index contributed by atoms with van der Waals surface area (Å²) < 4.78 is 12.9. The maximum absolute atomic E-state index is 12.9. The van der Waals surface area contributed by atoms with Crippen molar-refractivity contribution in [2.75, 3.05) is 5.73 Å². The van der Waals surface area contributed by atoms with Gasteiger partial charge in [-0.3, -0.25) is 4.98 Å². The SMILES string of the molecule is Nc1nc(Cl)nc(-c2cncc(F)c2)n1. The molecule has 5 nitrogen and oxygen atoms in total. The van der Waals surface area contributed by atoms with Crippen LogP contribution in [0.3, 0.4) is 0 Å². The fourth-order valence-electron chi connectivity index (χ4n) is 1.03. The van der Waals surface area contributed by atoms with E-state index in [1.807, 2.05) is 0 Å². The minimum Gasteiger partial charge on any atom is -0.368 e. The standard InChI is InChI=1S/C8H5ClFN5/c9-7-13-6(14-8(11)15-7)4-1-5(10)3-12-2-4/h1-3H,(H2,11,13,14,15). The Morgan fingerprint density at radius 3 is 2.67 bits per heavy atom. The molecule has 0 spiro atoms. The minimum absolute atomic E-state index is 0.0192. The molecule has 2 N–H and O–H groups in total. The highest BCUT2D eigenvalue weighted by Gasteiger charge is 2.06. The van der Waals surface area contributed by atoms with Gasteiger partial charge in [-0.05, 0) is 17.7 Å². The summed E-state index contributed by atoms with van der Waals surface area (Å²) in [6.45, 7) is 0. The summed E-state index contributed by atoms with van der Waals surface area (Å²) in [6, 6.07) is 1.23. The van der Waals surface area contributed by atoms with Crippen molar-refractivity contribution in [1.29, 1.82) is 0 Å². The first-order valence-electron chi connectivity index (χ1n) is 3.93. The molecule has 2 aromatic heterocycles. The zero-order valence-electron chi connectivity index (χ0n) is 7.35. The Morgan fingerprint density at radius 2 is 2.00 bits per heavy atom. The average Bonchev–Trinajstić information content (AvgIpc) is 2.16. The molecule has 0 saturated carbocycles. The van der Waals surface area contributed by atoms with Gasteiger partial charge in [0.05, 0.1) is 6.20 Å². The molecule has 76 valence electrons. The zero-order chi connectivity index (χ0) is 10.8. The van der Waals surface area contributed by atoms with Crippen LogP contribution in [0.4, 0.5) is 10.3 Å². The number of halogens is 2. The van der Waals surface area contributed by atoms with Crippen molar-refractivity contribution in [2.45, 2.75) is 0 Å². The molecule has 0 aliphatic heterocycles. The van der Waals surface area contributed by atoms with Crippen molar-refractivity contribution in [2.24, 2.45) is 0 Å². The Hall–Kier alpha value is -1.82. The van der Waals surface area contributed by atoms with Crippen molar-refractivity contribution < 1.29 is 4.39 Å². The van der Waals surface area contributed by atoms with E-state index in [0.717, 1.165) is 6.20 Å². The van der Waals surface area contributed by atoms with E-state index in [1.54, 1.807) is 0 Å². The van der Waals surface area contributed by atoms with Crippen LogP contribution in [0.1, 0.15) is 0 Å². The van der Waals surface area contributed by atoms with Crippen LogP contribution in [-0.4, -0.2) is 19.9 Å². The summed E-state index contributed by atoms with van der Waals surface area (Å²) in [5.41, 5.74) is 5.77. The molecule has 0 atom stereocenters. The van der Waals surface area contributed by atoms with Gasteiger partial charge in [0, 0.05) is 11.8 Å². The number of anilines is 1. The summed E-state index contributed by atoms with van der Waals surface area (Å²) in [5, 5.41) is -0.0400. The van der Waals surface area contributed by atoms with Crippen molar-refractivity contribution in [3.63, 3.8) is 0 Å². The minimum atomic E-state index is -0.484. The van der Waals surface area contributed by atoms with E-state index in [1.165, 1.54) is 12.3 Å². The first-order valence-corrected chi connectivity index (χ1v) is 4.31. The second kappa shape index (κ2) is 3.74. The third kappa shape index (κ3) is 2.16. The van der Waals surface area contributed by atoms with Crippen molar-refractivity contribution in [3.05, 3.63) is 29.6 Å². The maximum Gasteiger partial charge on any atom is 0.227 e. The first-order chi connectivity index (χ1) is 7.15. The molecule has 0 amide bonds. The second-order valence-electron chi connectivity index (χ2n) is 2.68. The largest absolute Gasteiger partial charge is 0.368 e. The number of hydrogen-bond acceptors (Lipinski definition) is 5. The van der Waals surface area contributed by atoms with Gasteiger partial charge in [-0.15, -0.1) is 0 Å². The van der Waals surface area contributed by atoms with Crippen LogP contribution in [-0.2, 0) is 0 Å². The molecule has 0 aliphatic rings. The van der Waals surface area contributed by atoms with Gasteiger partial charge in [0.2, 0.25) is 11.2 Å². The lowest BCUT2D eigenvalue weighted by Gasteiger charge is -2.00. The number of aromatic nitrogens is 4. The van der Waals surface area contributed by atoms with E-state index in [9.17, 15) is 4.39 Å². The molecule has 7 heteroatoms. The van der Waals surface area contributed by atoms with Gasteiger partial charge >= 0.3 is 0 Å². The number of rotatable bonds is 1. The van der Waals surface area contributed by atoms with Gasteiger partial charge < -0.3 is 5.73 Å². The van der Waals surface area contributed by atoms with Gasteiger partial charge in [-0.1, -0.05) is 0 Å². The Morgan fingerprint density at radius 1 is 1.20 bits per heavy atom. The van der Waals surface area contributed by atoms with Crippen LogP contribution >= 0.6 is 11.6 Å². The van der Waals surface area contributed by atoms with E-state index >= 15 is 0 Å². The Bertz CT molecular complexity index is 484. The third-order valence-electron chi connectivity index (χ3n) is 1.59. The van der Waals surface area contributed by atoms with Gasteiger partial charge in [-0.2, -0.15) is 15.0 Å². The second-order valence-corrected chi connectivity index (χ2v) is 3.02. The highest BCUT2D eigenvalue weighted by Crippen LogP contribution is 2.16. The Kier molecular flexibility index (Phi) is 2.42. The molecule has 2 heterocycles. The fraction of sp³-hybridized carbons (Fsp3) is 0. The van der Waals surface area contributed by atoms with Crippen LogP contribution in [0.2, 0.25) is 5.28 Å². The number of pyridine rings is 1. The van der Waals surface area contributed by atoms with E-state index in [0.29, 0.717) is 5.56 Å². The summed E-state index contributed by atoms with van der Waals surface area (Å²) in [5.74, 6) is -0.309. The number of hydrogen-bond donors (Lipinski definition) is 1. The van der Waals surface area contributed by atoms with Crippen molar-refractivity contribution in [1.82, 2.24) is 19.9 Å². The predicted molar refractivity (Wildman–Crippen MR) is 52.4 cm³/mol. The lowest BCUT2D eigenvalue weighted by atomic mass is 10.3. The number of nitrogens with zero attached hydrogens (tertiary/aromatic N) is 4. The molecule has 15 heavy (non-hydrogen) atoms. The van der Waals surface area contributed by atoms with Gasteiger partial charge in [0.1, 0.15) is 5.82 Å². The van der Waals surface area contributed by atoms with Crippen LogP contribution in [0.5, 0.6) is 0 Å². The summed E-state index contributed by atoms with van der Waals surface area (Å²) in [7, 11) is 0. The topological polar surface area (TPSA) is 77.6 Å². The Balaban J connectivity index is 2.54. The molecule has 2 aromatic rings. The van der Waals surface area contributed by atoms with Crippen LogP contribution in [0, 0.1) is 5.82 Å². The number of nitrogens with two attached hydrogens (primary N) is 1. The summed E-state index contributed by atoms with van der Waals surface area (Å²) in [4.78, 5) is 14.9. The quantitative estimate of drug-likeness (QED) is 0.792. The van der Waals surface area contributed by atoms with E-state index in [-0.39, 0.29) is 17.1 Å². The normalized spacial score (nSPS) is 10.3. The first kappa shape index (κ1) is 9.72.